The monoisotopic (exact) mass is 379 g/mol. The lowest BCUT2D eigenvalue weighted by Crippen LogP contribution is -2.37. The maximum Gasteiger partial charge on any atom is 0.224 e. The number of aromatic nitrogens is 5. The molecule has 1 saturated heterocycles. The van der Waals surface area contributed by atoms with Gasteiger partial charge in [0.2, 0.25) is 5.95 Å². The van der Waals surface area contributed by atoms with E-state index < -0.39 is 0 Å². The summed E-state index contributed by atoms with van der Waals surface area (Å²) in [4.78, 5) is 18.9. The van der Waals surface area contributed by atoms with Crippen molar-refractivity contribution in [2.24, 2.45) is 0 Å². The van der Waals surface area contributed by atoms with Crippen LogP contribution in [0.2, 0.25) is 0 Å². The molecule has 1 aliphatic rings. The van der Waals surface area contributed by atoms with Gasteiger partial charge in [-0.2, -0.15) is 4.98 Å². The number of H-pyrrole nitrogens is 1. The SMILES string of the molecule is Cc1cn2cc(-c3c[nH]c4nc(NC5CCN(C)CC5)ncc34)cc(F)c2n1. The van der Waals surface area contributed by atoms with Crippen molar-refractivity contribution in [2.45, 2.75) is 25.8 Å². The van der Waals surface area contributed by atoms with Crippen LogP contribution in [-0.2, 0) is 0 Å². The summed E-state index contributed by atoms with van der Waals surface area (Å²) in [6, 6.07) is 1.90. The zero-order valence-corrected chi connectivity index (χ0v) is 15.9. The van der Waals surface area contributed by atoms with Crippen LogP contribution in [0.3, 0.4) is 0 Å². The van der Waals surface area contributed by atoms with Gasteiger partial charge in [0.25, 0.3) is 0 Å². The molecule has 0 atom stereocenters. The number of anilines is 1. The second-order valence-corrected chi connectivity index (χ2v) is 7.57. The molecule has 0 amide bonds. The number of fused-ring (bicyclic) bond motifs is 2. The lowest BCUT2D eigenvalue weighted by molar-refractivity contribution is 0.263. The van der Waals surface area contributed by atoms with E-state index in [4.69, 9.17) is 0 Å². The third kappa shape index (κ3) is 2.99. The molecule has 2 N–H and O–H groups in total. The lowest BCUT2D eigenvalue weighted by atomic mass is 10.1. The molecule has 0 unspecified atom stereocenters. The molecule has 144 valence electrons. The van der Waals surface area contributed by atoms with Crippen molar-refractivity contribution in [1.29, 1.82) is 0 Å². The summed E-state index contributed by atoms with van der Waals surface area (Å²) in [5, 5.41) is 4.30. The van der Waals surface area contributed by atoms with Gasteiger partial charge in [-0.3, -0.25) is 0 Å². The predicted molar refractivity (Wildman–Crippen MR) is 107 cm³/mol. The highest BCUT2D eigenvalue weighted by Gasteiger charge is 2.18. The van der Waals surface area contributed by atoms with Gasteiger partial charge in [0, 0.05) is 47.3 Å². The van der Waals surface area contributed by atoms with Gasteiger partial charge in [0.15, 0.2) is 11.5 Å². The number of hydrogen-bond donors (Lipinski definition) is 2. The average molecular weight is 379 g/mol. The van der Waals surface area contributed by atoms with Gasteiger partial charge in [0.05, 0.1) is 5.69 Å². The third-order valence-corrected chi connectivity index (χ3v) is 5.42. The van der Waals surface area contributed by atoms with Gasteiger partial charge in [0.1, 0.15) is 5.65 Å². The summed E-state index contributed by atoms with van der Waals surface area (Å²) >= 11 is 0. The van der Waals surface area contributed by atoms with E-state index >= 15 is 0 Å². The molecular weight excluding hydrogens is 357 g/mol. The van der Waals surface area contributed by atoms with Crippen molar-refractivity contribution >= 4 is 22.6 Å². The van der Waals surface area contributed by atoms with Crippen LogP contribution in [-0.4, -0.2) is 55.4 Å². The van der Waals surface area contributed by atoms with Crippen molar-refractivity contribution in [2.75, 3.05) is 25.5 Å². The van der Waals surface area contributed by atoms with E-state index in [-0.39, 0.29) is 5.82 Å². The molecule has 0 radical (unpaired) electrons. The molecule has 5 heterocycles. The first kappa shape index (κ1) is 17.1. The Morgan fingerprint density at radius 2 is 2.04 bits per heavy atom. The number of nitrogens with one attached hydrogen (secondary N) is 2. The maximum atomic E-state index is 14.5. The van der Waals surface area contributed by atoms with Gasteiger partial charge in [-0.15, -0.1) is 0 Å². The molecule has 0 aliphatic carbocycles. The molecule has 1 fully saturated rings. The molecule has 7 nitrogen and oxygen atoms in total. The van der Waals surface area contributed by atoms with E-state index in [0.29, 0.717) is 17.6 Å². The number of imidazole rings is 1. The topological polar surface area (TPSA) is 74.1 Å². The Bertz CT molecular complexity index is 1150. The largest absolute Gasteiger partial charge is 0.351 e. The minimum atomic E-state index is -0.346. The zero-order chi connectivity index (χ0) is 19.3. The fourth-order valence-corrected chi connectivity index (χ4v) is 3.88. The number of nitrogens with zero attached hydrogens (tertiary/aromatic N) is 5. The summed E-state index contributed by atoms with van der Waals surface area (Å²) < 4.78 is 16.2. The van der Waals surface area contributed by atoms with Crippen LogP contribution in [0, 0.1) is 12.7 Å². The first-order chi connectivity index (χ1) is 13.6. The minimum absolute atomic E-state index is 0.335. The van der Waals surface area contributed by atoms with E-state index in [1.807, 2.05) is 25.5 Å². The van der Waals surface area contributed by atoms with Gasteiger partial charge < -0.3 is 19.6 Å². The molecule has 1 aliphatic heterocycles. The molecule has 0 bridgehead atoms. The second-order valence-electron chi connectivity index (χ2n) is 7.57. The normalized spacial score (nSPS) is 16.2. The quantitative estimate of drug-likeness (QED) is 0.572. The summed E-state index contributed by atoms with van der Waals surface area (Å²) in [6.45, 7) is 4.01. The Morgan fingerprint density at radius 3 is 2.86 bits per heavy atom. The highest BCUT2D eigenvalue weighted by molar-refractivity contribution is 5.93. The summed E-state index contributed by atoms with van der Waals surface area (Å²) in [5.74, 6) is 0.281. The number of aryl methyl sites for hydroxylation is 1. The number of halogens is 1. The maximum absolute atomic E-state index is 14.5. The molecule has 28 heavy (non-hydrogen) atoms. The first-order valence-corrected chi connectivity index (χ1v) is 9.51. The van der Waals surface area contributed by atoms with E-state index in [1.54, 1.807) is 10.6 Å². The highest BCUT2D eigenvalue weighted by atomic mass is 19.1. The van der Waals surface area contributed by atoms with Crippen LogP contribution < -0.4 is 5.32 Å². The van der Waals surface area contributed by atoms with Gasteiger partial charge in [-0.1, -0.05) is 0 Å². The summed E-state index contributed by atoms with van der Waals surface area (Å²) in [6.07, 6.45) is 9.51. The first-order valence-electron chi connectivity index (χ1n) is 9.51. The smallest absolute Gasteiger partial charge is 0.224 e. The van der Waals surface area contributed by atoms with Gasteiger partial charge in [-0.25, -0.2) is 14.4 Å². The zero-order valence-electron chi connectivity index (χ0n) is 15.9. The number of pyridine rings is 1. The van der Waals surface area contributed by atoms with Crippen LogP contribution in [0.4, 0.5) is 10.3 Å². The lowest BCUT2D eigenvalue weighted by Gasteiger charge is -2.29. The highest BCUT2D eigenvalue weighted by Crippen LogP contribution is 2.29. The van der Waals surface area contributed by atoms with Gasteiger partial charge >= 0.3 is 0 Å². The number of piperidine rings is 1. The van der Waals surface area contributed by atoms with Crippen molar-refractivity contribution in [3.05, 3.63) is 42.4 Å². The number of hydrogen-bond acceptors (Lipinski definition) is 5. The summed E-state index contributed by atoms with van der Waals surface area (Å²) in [7, 11) is 2.14. The predicted octanol–water partition coefficient (Wildman–Crippen LogP) is 3.23. The van der Waals surface area contributed by atoms with Crippen molar-refractivity contribution in [3.8, 4) is 11.1 Å². The minimum Gasteiger partial charge on any atom is -0.351 e. The van der Waals surface area contributed by atoms with E-state index in [9.17, 15) is 4.39 Å². The number of aromatic amines is 1. The van der Waals surface area contributed by atoms with Gasteiger partial charge in [-0.05, 0) is 46.0 Å². The summed E-state index contributed by atoms with van der Waals surface area (Å²) in [5.41, 5.74) is 3.48. The Labute approximate surface area is 161 Å². The molecule has 8 heteroatoms. The Balaban J connectivity index is 1.47. The molecule has 0 aromatic carbocycles. The van der Waals surface area contributed by atoms with E-state index in [0.717, 1.165) is 53.8 Å². The molecule has 0 spiro atoms. The van der Waals surface area contributed by atoms with Crippen LogP contribution in [0.15, 0.2) is 30.9 Å². The molecule has 0 saturated carbocycles. The van der Waals surface area contributed by atoms with E-state index in [2.05, 4.69) is 37.2 Å². The van der Waals surface area contributed by atoms with Crippen molar-refractivity contribution < 1.29 is 4.39 Å². The molecular formula is C20H22FN7. The van der Waals surface area contributed by atoms with Crippen LogP contribution in [0.25, 0.3) is 27.8 Å². The molecule has 4 aromatic rings. The third-order valence-electron chi connectivity index (χ3n) is 5.42. The Kier molecular flexibility index (Phi) is 4.01. The van der Waals surface area contributed by atoms with Crippen LogP contribution in [0.5, 0.6) is 0 Å². The standard InChI is InChI=1S/C20H22FN7/c1-12-10-28-11-13(7-17(21)19(28)24-12)15-8-22-18-16(15)9-23-20(26-18)25-14-3-5-27(2)6-4-14/h7-11,14H,3-6H2,1-2H3,(H2,22,23,25,26). The van der Waals surface area contributed by atoms with Crippen molar-refractivity contribution in [1.82, 2.24) is 29.2 Å². The Morgan fingerprint density at radius 1 is 1.21 bits per heavy atom. The fourth-order valence-electron chi connectivity index (χ4n) is 3.88. The number of rotatable bonds is 3. The molecule has 4 aromatic heterocycles. The van der Waals surface area contributed by atoms with E-state index in [1.165, 1.54) is 6.07 Å². The number of likely N-dealkylation sites (tertiary alicyclic amines) is 1. The average Bonchev–Trinajstić information content (AvgIpc) is 3.26. The molecule has 5 rings (SSSR count). The fraction of sp³-hybridized carbons (Fsp3) is 0.350. The Hall–Kier alpha value is -3.00. The van der Waals surface area contributed by atoms with Crippen LogP contribution >= 0.6 is 0 Å². The van der Waals surface area contributed by atoms with Crippen molar-refractivity contribution in [3.63, 3.8) is 0 Å². The van der Waals surface area contributed by atoms with Crippen LogP contribution in [0.1, 0.15) is 18.5 Å². The second kappa shape index (κ2) is 6.56.